The molecule has 8 heteroatoms. The highest BCUT2D eigenvalue weighted by Crippen LogP contribution is 2.30. The van der Waals surface area contributed by atoms with Gasteiger partial charge in [-0.1, -0.05) is 18.2 Å². The van der Waals surface area contributed by atoms with Crippen LogP contribution in [0.5, 0.6) is 0 Å². The standard InChI is InChI=1S/C19H22N4O3S/c24-18(13-15-5-3-4-10-20-15)23-11-8-14(9-12-23)19-21-16-6-1-2-7-17(16)27(25,26)22-19/h1-7,10,14,19,21-22H,8-9,11-13H2. The lowest BCUT2D eigenvalue weighted by molar-refractivity contribution is -0.132. The van der Waals surface area contributed by atoms with Crippen molar-refractivity contribution in [2.24, 2.45) is 5.92 Å². The number of nitrogens with one attached hydrogen (secondary N) is 2. The highest BCUT2D eigenvalue weighted by atomic mass is 32.2. The molecular weight excluding hydrogens is 364 g/mol. The first-order valence-electron chi connectivity index (χ1n) is 9.08. The largest absolute Gasteiger partial charge is 0.368 e. The van der Waals surface area contributed by atoms with E-state index in [-0.39, 0.29) is 22.9 Å². The van der Waals surface area contributed by atoms with Crippen LogP contribution in [-0.4, -0.2) is 43.5 Å². The number of carbonyl (C=O) groups is 1. The van der Waals surface area contributed by atoms with Gasteiger partial charge in [-0.2, -0.15) is 4.72 Å². The molecule has 4 rings (SSSR count). The van der Waals surface area contributed by atoms with Crippen molar-refractivity contribution in [2.75, 3.05) is 18.4 Å². The minimum absolute atomic E-state index is 0.0645. The second kappa shape index (κ2) is 7.28. The number of benzene rings is 1. The molecule has 0 spiro atoms. The van der Waals surface area contributed by atoms with E-state index in [0.717, 1.165) is 18.5 Å². The zero-order valence-electron chi connectivity index (χ0n) is 14.8. The smallest absolute Gasteiger partial charge is 0.244 e. The SMILES string of the molecule is O=C(Cc1ccccn1)N1CCC(C2Nc3ccccc3S(=O)(=O)N2)CC1. The van der Waals surface area contributed by atoms with Gasteiger partial charge < -0.3 is 10.2 Å². The van der Waals surface area contributed by atoms with Crippen LogP contribution in [0, 0.1) is 5.92 Å². The molecule has 1 amide bonds. The van der Waals surface area contributed by atoms with Gasteiger partial charge in [-0.3, -0.25) is 9.78 Å². The third kappa shape index (κ3) is 3.81. The maximum atomic E-state index is 12.5. The molecule has 7 nitrogen and oxygen atoms in total. The molecular formula is C19H22N4O3S. The van der Waals surface area contributed by atoms with Crippen molar-refractivity contribution in [2.45, 2.75) is 30.3 Å². The molecule has 1 fully saturated rings. The lowest BCUT2D eigenvalue weighted by Gasteiger charge is -2.38. The molecule has 2 aliphatic rings. The lowest BCUT2D eigenvalue weighted by atomic mass is 9.93. The number of anilines is 1. The summed E-state index contributed by atoms with van der Waals surface area (Å²) in [7, 11) is -3.51. The zero-order chi connectivity index (χ0) is 18.9. The molecule has 0 aliphatic carbocycles. The molecule has 2 N–H and O–H groups in total. The van der Waals surface area contributed by atoms with Gasteiger partial charge in [-0.05, 0) is 43.0 Å². The molecule has 142 valence electrons. The Morgan fingerprint density at radius 2 is 1.85 bits per heavy atom. The first kappa shape index (κ1) is 17.9. The normalized spacial score (nSPS) is 21.9. The monoisotopic (exact) mass is 386 g/mol. The lowest BCUT2D eigenvalue weighted by Crippen LogP contribution is -2.52. The van der Waals surface area contributed by atoms with Crippen LogP contribution in [0.15, 0.2) is 53.6 Å². The van der Waals surface area contributed by atoms with E-state index in [1.807, 2.05) is 29.2 Å². The van der Waals surface area contributed by atoms with Gasteiger partial charge in [-0.25, -0.2) is 8.42 Å². The van der Waals surface area contributed by atoms with Crippen molar-refractivity contribution in [3.63, 3.8) is 0 Å². The third-order valence-electron chi connectivity index (χ3n) is 5.19. The zero-order valence-corrected chi connectivity index (χ0v) is 15.7. The average molecular weight is 386 g/mol. The third-order valence-corrected chi connectivity index (χ3v) is 6.69. The number of rotatable bonds is 3. The van der Waals surface area contributed by atoms with Gasteiger partial charge in [0.05, 0.1) is 18.3 Å². The molecule has 1 aromatic carbocycles. The topological polar surface area (TPSA) is 91.4 Å². The number of likely N-dealkylation sites (tertiary alicyclic amines) is 1. The maximum Gasteiger partial charge on any atom is 0.244 e. The number of hydrogen-bond acceptors (Lipinski definition) is 5. The van der Waals surface area contributed by atoms with Gasteiger partial charge in [0, 0.05) is 25.0 Å². The van der Waals surface area contributed by atoms with Crippen LogP contribution in [0.25, 0.3) is 0 Å². The first-order valence-corrected chi connectivity index (χ1v) is 10.6. The minimum Gasteiger partial charge on any atom is -0.368 e. The van der Waals surface area contributed by atoms with E-state index in [0.29, 0.717) is 25.2 Å². The van der Waals surface area contributed by atoms with Crippen molar-refractivity contribution < 1.29 is 13.2 Å². The Bertz CT molecular complexity index is 925. The van der Waals surface area contributed by atoms with Crippen molar-refractivity contribution in [1.82, 2.24) is 14.6 Å². The molecule has 1 aromatic heterocycles. The molecule has 2 aliphatic heterocycles. The number of piperidine rings is 1. The number of hydrogen-bond donors (Lipinski definition) is 2. The molecule has 2 aromatic rings. The average Bonchev–Trinajstić information content (AvgIpc) is 2.68. The number of sulfonamides is 1. The van der Waals surface area contributed by atoms with Gasteiger partial charge in [0.1, 0.15) is 4.90 Å². The summed E-state index contributed by atoms with van der Waals surface area (Å²) in [4.78, 5) is 18.8. The summed E-state index contributed by atoms with van der Waals surface area (Å²) < 4.78 is 27.7. The number of carbonyl (C=O) groups excluding carboxylic acids is 1. The Balaban J connectivity index is 1.38. The summed E-state index contributed by atoms with van der Waals surface area (Å²) in [6.07, 6.45) is 3.13. The second-order valence-electron chi connectivity index (χ2n) is 6.96. The number of amides is 1. The molecule has 0 saturated carbocycles. The number of para-hydroxylation sites is 1. The highest BCUT2D eigenvalue weighted by molar-refractivity contribution is 7.89. The van der Waals surface area contributed by atoms with Gasteiger partial charge in [-0.15, -0.1) is 0 Å². The van der Waals surface area contributed by atoms with E-state index in [2.05, 4.69) is 15.0 Å². The second-order valence-corrected chi connectivity index (χ2v) is 8.64. The molecule has 0 radical (unpaired) electrons. The summed E-state index contributed by atoms with van der Waals surface area (Å²) in [5.74, 6) is 0.196. The molecule has 27 heavy (non-hydrogen) atoms. The summed E-state index contributed by atoms with van der Waals surface area (Å²) in [6.45, 7) is 1.25. The van der Waals surface area contributed by atoms with Gasteiger partial charge in [0.15, 0.2) is 0 Å². The van der Waals surface area contributed by atoms with Crippen molar-refractivity contribution >= 4 is 21.6 Å². The van der Waals surface area contributed by atoms with Crippen LogP contribution in [0.2, 0.25) is 0 Å². The van der Waals surface area contributed by atoms with Crippen LogP contribution in [0.3, 0.4) is 0 Å². The number of aromatic nitrogens is 1. The fraction of sp³-hybridized carbons (Fsp3) is 0.368. The summed E-state index contributed by atoms with van der Waals surface area (Å²) in [5.41, 5.74) is 1.40. The summed E-state index contributed by atoms with van der Waals surface area (Å²) in [5, 5.41) is 3.30. The summed E-state index contributed by atoms with van der Waals surface area (Å²) in [6, 6.07) is 12.5. The van der Waals surface area contributed by atoms with Crippen LogP contribution in [-0.2, 0) is 21.2 Å². The van der Waals surface area contributed by atoms with Crippen molar-refractivity contribution in [3.05, 3.63) is 54.4 Å². The molecule has 1 unspecified atom stereocenters. The Kier molecular flexibility index (Phi) is 4.84. The van der Waals surface area contributed by atoms with Crippen molar-refractivity contribution in [3.8, 4) is 0 Å². The minimum atomic E-state index is -3.51. The van der Waals surface area contributed by atoms with Crippen LogP contribution >= 0.6 is 0 Å². The van der Waals surface area contributed by atoms with Gasteiger partial charge in [0.25, 0.3) is 0 Å². The van der Waals surface area contributed by atoms with Crippen LogP contribution in [0.1, 0.15) is 18.5 Å². The van der Waals surface area contributed by atoms with Gasteiger partial charge >= 0.3 is 0 Å². The van der Waals surface area contributed by atoms with Gasteiger partial charge in [0.2, 0.25) is 15.9 Å². The van der Waals surface area contributed by atoms with E-state index < -0.39 is 10.0 Å². The Hall–Kier alpha value is -2.45. The Labute approximate surface area is 158 Å². The van der Waals surface area contributed by atoms with Crippen LogP contribution < -0.4 is 10.0 Å². The highest BCUT2D eigenvalue weighted by Gasteiger charge is 2.35. The molecule has 0 bridgehead atoms. The van der Waals surface area contributed by atoms with E-state index in [4.69, 9.17) is 0 Å². The number of nitrogens with zero attached hydrogens (tertiary/aromatic N) is 2. The predicted molar refractivity (Wildman–Crippen MR) is 101 cm³/mol. The quantitative estimate of drug-likeness (QED) is 0.836. The summed E-state index contributed by atoms with van der Waals surface area (Å²) >= 11 is 0. The molecule has 1 atom stereocenters. The number of pyridine rings is 1. The van der Waals surface area contributed by atoms with E-state index >= 15 is 0 Å². The number of fused-ring (bicyclic) bond motifs is 1. The van der Waals surface area contributed by atoms with Crippen LogP contribution in [0.4, 0.5) is 5.69 Å². The first-order chi connectivity index (χ1) is 13.0. The predicted octanol–water partition coefficient (Wildman–Crippen LogP) is 1.59. The fourth-order valence-electron chi connectivity index (χ4n) is 3.71. The van der Waals surface area contributed by atoms with E-state index in [1.54, 1.807) is 24.4 Å². The Morgan fingerprint density at radius 1 is 1.11 bits per heavy atom. The van der Waals surface area contributed by atoms with E-state index in [1.165, 1.54) is 0 Å². The fourth-order valence-corrected chi connectivity index (χ4v) is 5.10. The Morgan fingerprint density at radius 3 is 2.59 bits per heavy atom. The van der Waals surface area contributed by atoms with E-state index in [9.17, 15) is 13.2 Å². The molecule has 1 saturated heterocycles. The molecule has 3 heterocycles. The maximum absolute atomic E-state index is 12.5. The van der Waals surface area contributed by atoms with Crippen molar-refractivity contribution in [1.29, 1.82) is 0 Å².